The van der Waals surface area contributed by atoms with E-state index in [1.54, 1.807) is 7.05 Å². The van der Waals surface area contributed by atoms with E-state index >= 15 is 0 Å². The summed E-state index contributed by atoms with van der Waals surface area (Å²) in [5.41, 5.74) is 0. The Morgan fingerprint density at radius 1 is 1.57 bits per heavy atom. The van der Waals surface area contributed by atoms with Crippen molar-refractivity contribution < 1.29 is 4.79 Å². The summed E-state index contributed by atoms with van der Waals surface area (Å²) in [6.07, 6.45) is 4.73. The number of rotatable bonds is 4. The number of nitrogens with zero attached hydrogens (tertiary/aromatic N) is 4. The Balaban J connectivity index is 1.81. The zero-order chi connectivity index (χ0) is 9.97. The first-order valence-electron chi connectivity index (χ1n) is 4.98. The van der Waals surface area contributed by atoms with Crippen LogP contribution in [0.3, 0.4) is 0 Å². The van der Waals surface area contributed by atoms with Gasteiger partial charge >= 0.3 is 0 Å². The Kier molecular flexibility index (Phi) is 2.56. The van der Waals surface area contributed by atoms with Gasteiger partial charge in [0.05, 0.1) is 13.5 Å². The van der Waals surface area contributed by atoms with Crippen LogP contribution in [0.1, 0.15) is 31.5 Å². The lowest BCUT2D eigenvalue weighted by Crippen LogP contribution is -2.17. The summed E-state index contributed by atoms with van der Waals surface area (Å²) in [5.74, 6) is 1.40. The van der Waals surface area contributed by atoms with E-state index in [0.29, 0.717) is 24.6 Å². The molecule has 1 aromatic rings. The van der Waals surface area contributed by atoms with E-state index in [9.17, 15) is 4.79 Å². The Bertz CT molecular complexity index is 329. The Labute approximate surface area is 82.5 Å². The minimum absolute atomic E-state index is 0.239. The number of carbonyl (C=O) groups is 1. The largest absolute Gasteiger partial charge is 0.299 e. The summed E-state index contributed by atoms with van der Waals surface area (Å²) in [5, 5.41) is 11.4. The number of hydrogen-bond donors (Lipinski definition) is 0. The van der Waals surface area contributed by atoms with E-state index in [-0.39, 0.29) is 5.78 Å². The van der Waals surface area contributed by atoms with Crippen molar-refractivity contribution in [2.75, 3.05) is 0 Å². The Morgan fingerprint density at radius 3 is 2.86 bits per heavy atom. The lowest BCUT2D eigenvalue weighted by Gasteiger charge is -2.23. The van der Waals surface area contributed by atoms with Crippen LogP contribution in [-0.4, -0.2) is 26.0 Å². The quantitative estimate of drug-likeness (QED) is 0.700. The van der Waals surface area contributed by atoms with Crippen LogP contribution in [0.25, 0.3) is 0 Å². The maximum atomic E-state index is 11.5. The molecular formula is C9H14N4O. The smallest absolute Gasteiger partial charge is 0.182 e. The molecule has 0 unspecified atom stereocenters. The molecule has 14 heavy (non-hydrogen) atoms. The molecule has 76 valence electrons. The SMILES string of the molecule is Cn1nnc(CC(=O)CC2CCC2)n1. The third kappa shape index (κ3) is 2.16. The topological polar surface area (TPSA) is 60.7 Å². The van der Waals surface area contributed by atoms with Crippen molar-refractivity contribution in [3.8, 4) is 0 Å². The van der Waals surface area contributed by atoms with Gasteiger partial charge in [-0.3, -0.25) is 4.79 Å². The van der Waals surface area contributed by atoms with Gasteiger partial charge in [0.15, 0.2) is 5.82 Å². The summed E-state index contributed by atoms with van der Waals surface area (Å²) >= 11 is 0. The molecule has 1 heterocycles. The molecule has 0 aromatic carbocycles. The average molecular weight is 194 g/mol. The highest BCUT2D eigenvalue weighted by atomic mass is 16.1. The number of tetrazole rings is 1. The fourth-order valence-corrected chi connectivity index (χ4v) is 1.66. The molecule has 1 fully saturated rings. The highest BCUT2D eigenvalue weighted by Gasteiger charge is 2.21. The van der Waals surface area contributed by atoms with Gasteiger partial charge in [-0.1, -0.05) is 19.3 Å². The zero-order valence-corrected chi connectivity index (χ0v) is 8.31. The molecule has 5 heteroatoms. The van der Waals surface area contributed by atoms with Gasteiger partial charge in [-0.25, -0.2) is 0 Å². The molecule has 1 aliphatic rings. The molecule has 0 amide bonds. The van der Waals surface area contributed by atoms with Crippen LogP contribution in [-0.2, 0) is 18.3 Å². The number of ketones is 1. The second kappa shape index (κ2) is 3.86. The summed E-state index contributed by atoms with van der Waals surface area (Å²) in [6, 6.07) is 0. The summed E-state index contributed by atoms with van der Waals surface area (Å²) in [4.78, 5) is 12.9. The van der Waals surface area contributed by atoms with Gasteiger partial charge in [0, 0.05) is 6.42 Å². The molecule has 1 saturated carbocycles. The van der Waals surface area contributed by atoms with Gasteiger partial charge in [-0.05, 0) is 11.1 Å². The predicted octanol–water partition coefficient (Wildman–Crippen LogP) is 0.512. The predicted molar refractivity (Wildman–Crippen MR) is 49.5 cm³/mol. The maximum absolute atomic E-state index is 11.5. The number of carbonyl (C=O) groups excluding carboxylic acids is 1. The highest BCUT2D eigenvalue weighted by Crippen LogP contribution is 2.29. The fourth-order valence-electron chi connectivity index (χ4n) is 1.66. The van der Waals surface area contributed by atoms with E-state index in [1.807, 2.05) is 0 Å². The Hall–Kier alpha value is -1.26. The normalized spacial score (nSPS) is 16.6. The average Bonchev–Trinajstić information content (AvgIpc) is 2.44. The van der Waals surface area contributed by atoms with Crippen molar-refractivity contribution in [1.82, 2.24) is 20.2 Å². The van der Waals surface area contributed by atoms with Gasteiger partial charge in [0.1, 0.15) is 5.78 Å². The second-order valence-corrected chi connectivity index (χ2v) is 3.91. The lowest BCUT2D eigenvalue weighted by atomic mass is 9.81. The van der Waals surface area contributed by atoms with Crippen molar-refractivity contribution in [2.45, 2.75) is 32.1 Å². The van der Waals surface area contributed by atoms with Crippen LogP contribution >= 0.6 is 0 Å². The van der Waals surface area contributed by atoms with E-state index in [0.717, 1.165) is 0 Å². The molecule has 1 aliphatic carbocycles. The molecule has 2 rings (SSSR count). The second-order valence-electron chi connectivity index (χ2n) is 3.91. The first-order chi connectivity index (χ1) is 6.74. The molecule has 0 aliphatic heterocycles. The van der Waals surface area contributed by atoms with Gasteiger partial charge in [-0.2, -0.15) is 4.80 Å². The summed E-state index contributed by atoms with van der Waals surface area (Å²) in [7, 11) is 1.70. The third-order valence-corrected chi connectivity index (χ3v) is 2.65. The van der Waals surface area contributed by atoms with Crippen LogP contribution in [0.5, 0.6) is 0 Å². The zero-order valence-electron chi connectivity index (χ0n) is 8.31. The molecule has 0 saturated heterocycles. The van der Waals surface area contributed by atoms with Crippen LogP contribution in [0, 0.1) is 5.92 Å². The van der Waals surface area contributed by atoms with Gasteiger partial charge in [0.2, 0.25) is 0 Å². The van der Waals surface area contributed by atoms with Crippen molar-refractivity contribution >= 4 is 5.78 Å². The molecule has 0 bridgehead atoms. The first-order valence-corrected chi connectivity index (χ1v) is 4.98. The van der Waals surface area contributed by atoms with Crippen molar-refractivity contribution in [3.63, 3.8) is 0 Å². The number of hydrogen-bond acceptors (Lipinski definition) is 4. The minimum atomic E-state index is 0.239. The Morgan fingerprint density at radius 2 is 2.36 bits per heavy atom. The minimum Gasteiger partial charge on any atom is -0.299 e. The summed E-state index contributed by atoms with van der Waals surface area (Å²) in [6.45, 7) is 0. The summed E-state index contributed by atoms with van der Waals surface area (Å²) < 4.78 is 0. The molecule has 0 atom stereocenters. The van der Waals surface area contributed by atoms with Crippen molar-refractivity contribution in [2.24, 2.45) is 13.0 Å². The maximum Gasteiger partial charge on any atom is 0.182 e. The molecule has 5 nitrogen and oxygen atoms in total. The van der Waals surface area contributed by atoms with Crippen molar-refractivity contribution in [1.29, 1.82) is 0 Å². The van der Waals surface area contributed by atoms with Crippen LogP contribution in [0.2, 0.25) is 0 Å². The monoisotopic (exact) mass is 194 g/mol. The van der Waals surface area contributed by atoms with E-state index in [4.69, 9.17) is 0 Å². The molecule has 0 spiro atoms. The van der Waals surface area contributed by atoms with Crippen LogP contribution in [0.4, 0.5) is 0 Å². The van der Waals surface area contributed by atoms with E-state index < -0.39 is 0 Å². The van der Waals surface area contributed by atoms with Crippen LogP contribution in [0.15, 0.2) is 0 Å². The van der Waals surface area contributed by atoms with E-state index in [2.05, 4.69) is 15.4 Å². The molecule has 0 N–H and O–H groups in total. The van der Waals surface area contributed by atoms with Crippen LogP contribution < -0.4 is 0 Å². The number of Topliss-reactive ketones (excluding diaryl/α,β-unsaturated/α-hetero) is 1. The van der Waals surface area contributed by atoms with Gasteiger partial charge in [0.25, 0.3) is 0 Å². The standard InChI is InChI=1S/C9H14N4O/c1-13-11-9(10-12-13)6-8(14)5-7-3-2-4-7/h7H,2-6H2,1H3. The number of aryl methyl sites for hydroxylation is 1. The first kappa shape index (κ1) is 9.30. The fraction of sp³-hybridized carbons (Fsp3) is 0.778. The lowest BCUT2D eigenvalue weighted by molar-refractivity contribution is -0.120. The molecule has 1 aromatic heterocycles. The van der Waals surface area contributed by atoms with Gasteiger partial charge < -0.3 is 0 Å². The highest BCUT2D eigenvalue weighted by molar-refractivity contribution is 5.80. The number of aromatic nitrogens is 4. The van der Waals surface area contributed by atoms with E-state index in [1.165, 1.54) is 24.1 Å². The third-order valence-electron chi connectivity index (χ3n) is 2.65. The molecule has 0 radical (unpaired) electrons. The van der Waals surface area contributed by atoms with Gasteiger partial charge in [-0.15, -0.1) is 10.2 Å². The molecular weight excluding hydrogens is 180 g/mol. The van der Waals surface area contributed by atoms with Crippen molar-refractivity contribution in [3.05, 3.63) is 5.82 Å².